The van der Waals surface area contributed by atoms with Gasteiger partial charge in [-0.15, -0.1) is 11.3 Å². The van der Waals surface area contributed by atoms with E-state index in [2.05, 4.69) is 22.6 Å². The van der Waals surface area contributed by atoms with Crippen molar-refractivity contribution in [3.8, 4) is 11.3 Å². The van der Waals surface area contributed by atoms with Gasteiger partial charge in [0.05, 0.1) is 5.69 Å². The topological polar surface area (TPSA) is 24.9 Å². The van der Waals surface area contributed by atoms with Crippen molar-refractivity contribution in [3.05, 3.63) is 34.7 Å². The Hall–Kier alpha value is -1.06. The molecule has 17 heavy (non-hydrogen) atoms. The highest BCUT2D eigenvalue weighted by molar-refractivity contribution is 7.14. The van der Waals surface area contributed by atoms with Gasteiger partial charge in [0, 0.05) is 22.5 Å². The number of thiazole rings is 1. The highest BCUT2D eigenvalue weighted by Gasteiger charge is 2.03. The molecule has 2 rings (SSSR count). The molecule has 0 saturated heterocycles. The number of hydrogen-bond donors (Lipinski definition) is 1. The zero-order chi connectivity index (χ0) is 12.1. The number of nitrogens with zero attached hydrogens (tertiary/aromatic N) is 1. The molecule has 0 saturated carbocycles. The summed E-state index contributed by atoms with van der Waals surface area (Å²) in [7, 11) is 0. The van der Waals surface area contributed by atoms with Crippen LogP contribution in [0.25, 0.3) is 11.3 Å². The minimum atomic E-state index is 0.755. The summed E-state index contributed by atoms with van der Waals surface area (Å²) in [5.74, 6) is 0. The van der Waals surface area contributed by atoms with Crippen LogP contribution in [0.15, 0.2) is 29.6 Å². The fraction of sp³-hybridized carbons (Fsp3) is 0.308. The Balaban J connectivity index is 2.04. The van der Waals surface area contributed by atoms with Gasteiger partial charge in [-0.2, -0.15) is 0 Å². The smallest absolute Gasteiger partial charge is 0.183 e. The Bertz CT molecular complexity index is 465. The quantitative estimate of drug-likeness (QED) is 0.795. The third kappa shape index (κ3) is 3.45. The highest BCUT2D eigenvalue weighted by atomic mass is 35.5. The second-order valence-corrected chi connectivity index (χ2v) is 5.12. The summed E-state index contributed by atoms with van der Waals surface area (Å²) in [5.41, 5.74) is 2.11. The molecule has 0 amide bonds. The van der Waals surface area contributed by atoms with Crippen LogP contribution in [0.2, 0.25) is 5.02 Å². The number of anilines is 1. The van der Waals surface area contributed by atoms with Crippen LogP contribution >= 0.6 is 22.9 Å². The van der Waals surface area contributed by atoms with E-state index in [0.29, 0.717) is 0 Å². The van der Waals surface area contributed by atoms with Crippen LogP contribution in [0.3, 0.4) is 0 Å². The zero-order valence-corrected chi connectivity index (χ0v) is 11.3. The van der Waals surface area contributed by atoms with Crippen molar-refractivity contribution in [3.63, 3.8) is 0 Å². The van der Waals surface area contributed by atoms with E-state index in [0.717, 1.165) is 28.0 Å². The number of hydrogen-bond acceptors (Lipinski definition) is 3. The van der Waals surface area contributed by atoms with Gasteiger partial charge < -0.3 is 5.32 Å². The fourth-order valence-corrected chi connectivity index (χ4v) is 2.35. The molecule has 1 aromatic carbocycles. The lowest BCUT2D eigenvalue weighted by Gasteiger charge is -1.99. The molecule has 4 heteroatoms. The lowest BCUT2D eigenvalue weighted by atomic mass is 10.2. The summed E-state index contributed by atoms with van der Waals surface area (Å²) < 4.78 is 0. The minimum absolute atomic E-state index is 0.755. The van der Waals surface area contributed by atoms with E-state index in [4.69, 9.17) is 11.6 Å². The summed E-state index contributed by atoms with van der Waals surface area (Å²) in [6, 6.07) is 7.77. The molecule has 0 spiro atoms. The maximum Gasteiger partial charge on any atom is 0.183 e. The standard InChI is InChI=1S/C13H15ClN2S/c1-2-3-8-15-13-16-12(9-17-13)10-4-6-11(14)7-5-10/h4-7,9H,2-3,8H2,1H3,(H,15,16). The van der Waals surface area contributed by atoms with Crippen molar-refractivity contribution in [2.45, 2.75) is 19.8 Å². The van der Waals surface area contributed by atoms with Gasteiger partial charge in [0.2, 0.25) is 0 Å². The van der Waals surface area contributed by atoms with E-state index in [-0.39, 0.29) is 0 Å². The predicted octanol–water partition coefficient (Wildman–Crippen LogP) is 4.68. The van der Waals surface area contributed by atoms with E-state index in [1.54, 1.807) is 11.3 Å². The van der Waals surface area contributed by atoms with Crippen molar-refractivity contribution >= 4 is 28.1 Å². The van der Waals surface area contributed by atoms with Gasteiger partial charge in [0.15, 0.2) is 5.13 Å². The predicted molar refractivity (Wildman–Crippen MR) is 76.0 cm³/mol. The fourth-order valence-electron chi connectivity index (χ4n) is 1.48. The maximum atomic E-state index is 5.86. The normalized spacial score (nSPS) is 10.5. The maximum absolute atomic E-state index is 5.86. The molecule has 1 aromatic heterocycles. The number of unbranched alkanes of at least 4 members (excludes halogenated alkanes) is 1. The summed E-state index contributed by atoms with van der Waals surface area (Å²) in [4.78, 5) is 4.55. The van der Waals surface area contributed by atoms with E-state index in [9.17, 15) is 0 Å². The average Bonchev–Trinajstić information content (AvgIpc) is 2.79. The van der Waals surface area contributed by atoms with E-state index < -0.39 is 0 Å². The van der Waals surface area contributed by atoms with Crippen LogP contribution in [-0.4, -0.2) is 11.5 Å². The first-order chi connectivity index (χ1) is 8.29. The van der Waals surface area contributed by atoms with E-state index in [1.807, 2.05) is 24.3 Å². The van der Waals surface area contributed by atoms with Crippen LogP contribution in [0.5, 0.6) is 0 Å². The molecular formula is C13H15ClN2S. The van der Waals surface area contributed by atoms with Crippen LogP contribution in [-0.2, 0) is 0 Å². The molecule has 0 unspecified atom stereocenters. The van der Waals surface area contributed by atoms with Crippen LogP contribution in [0.4, 0.5) is 5.13 Å². The average molecular weight is 267 g/mol. The van der Waals surface area contributed by atoms with Crippen LogP contribution in [0, 0.1) is 0 Å². The highest BCUT2D eigenvalue weighted by Crippen LogP contribution is 2.25. The molecule has 0 aliphatic rings. The SMILES string of the molecule is CCCCNc1nc(-c2ccc(Cl)cc2)cs1. The largest absolute Gasteiger partial charge is 0.362 e. The Kier molecular flexibility index (Phi) is 4.40. The van der Waals surface area contributed by atoms with Crippen molar-refractivity contribution in [2.24, 2.45) is 0 Å². The van der Waals surface area contributed by atoms with Crippen molar-refractivity contribution < 1.29 is 0 Å². The summed E-state index contributed by atoms with van der Waals surface area (Å²) in [6.45, 7) is 3.17. The molecular weight excluding hydrogens is 252 g/mol. The van der Waals surface area contributed by atoms with Gasteiger partial charge >= 0.3 is 0 Å². The minimum Gasteiger partial charge on any atom is -0.362 e. The van der Waals surface area contributed by atoms with Gasteiger partial charge in [0.25, 0.3) is 0 Å². The monoisotopic (exact) mass is 266 g/mol. The lowest BCUT2D eigenvalue weighted by molar-refractivity contribution is 0.833. The molecule has 2 nitrogen and oxygen atoms in total. The third-order valence-corrected chi connectivity index (χ3v) is 3.50. The molecule has 1 N–H and O–H groups in total. The molecule has 0 bridgehead atoms. The first-order valence-electron chi connectivity index (χ1n) is 5.75. The molecule has 2 aromatic rings. The summed E-state index contributed by atoms with van der Waals surface area (Å²) in [6.07, 6.45) is 2.37. The molecule has 0 aliphatic carbocycles. The number of aromatic nitrogens is 1. The van der Waals surface area contributed by atoms with Crippen LogP contribution < -0.4 is 5.32 Å². The van der Waals surface area contributed by atoms with E-state index >= 15 is 0 Å². The van der Waals surface area contributed by atoms with Crippen molar-refractivity contribution in [1.82, 2.24) is 4.98 Å². The van der Waals surface area contributed by atoms with Crippen molar-refractivity contribution in [2.75, 3.05) is 11.9 Å². The number of rotatable bonds is 5. The lowest BCUT2D eigenvalue weighted by Crippen LogP contribution is -1.99. The molecule has 0 atom stereocenters. The molecule has 1 heterocycles. The Morgan fingerprint density at radius 3 is 2.76 bits per heavy atom. The Morgan fingerprint density at radius 1 is 1.29 bits per heavy atom. The van der Waals surface area contributed by atoms with Gasteiger partial charge in [-0.25, -0.2) is 4.98 Å². The van der Waals surface area contributed by atoms with Crippen molar-refractivity contribution in [1.29, 1.82) is 0 Å². The summed E-state index contributed by atoms with van der Waals surface area (Å²) >= 11 is 7.50. The first kappa shape index (κ1) is 12.4. The van der Waals surface area contributed by atoms with Gasteiger partial charge in [-0.1, -0.05) is 37.1 Å². The molecule has 0 aliphatic heterocycles. The zero-order valence-electron chi connectivity index (χ0n) is 9.74. The molecule has 0 radical (unpaired) electrons. The Labute approximate surface area is 111 Å². The first-order valence-corrected chi connectivity index (χ1v) is 7.00. The number of halogens is 1. The Morgan fingerprint density at radius 2 is 2.06 bits per heavy atom. The number of nitrogens with one attached hydrogen (secondary N) is 1. The molecule has 90 valence electrons. The second-order valence-electron chi connectivity index (χ2n) is 3.83. The van der Waals surface area contributed by atoms with Gasteiger partial charge in [-0.3, -0.25) is 0 Å². The molecule has 0 fully saturated rings. The second kappa shape index (κ2) is 6.03. The van der Waals surface area contributed by atoms with Gasteiger partial charge in [0.1, 0.15) is 0 Å². The van der Waals surface area contributed by atoms with Crippen LogP contribution in [0.1, 0.15) is 19.8 Å². The number of benzene rings is 1. The third-order valence-electron chi connectivity index (χ3n) is 2.45. The van der Waals surface area contributed by atoms with Gasteiger partial charge in [-0.05, 0) is 18.6 Å². The summed E-state index contributed by atoms with van der Waals surface area (Å²) in [5, 5.41) is 7.14. The van der Waals surface area contributed by atoms with E-state index in [1.165, 1.54) is 12.8 Å².